The summed E-state index contributed by atoms with van der Waals surface area (Å²) < 4.78 is 13.4. The van der Waals surface area contributed by atoms with Gasteiger partial charge in [-0.25, -0.2) is 4.39 Å². The molecule has 0 radical (unpaired) electrons. The molecular formula is C11H14FN5O4. The lowest BCUT2D eigenvalue weighted by atomic mass is 10.1. The molecule has 0 bridgehead atoms. The first kappa shape index (κ1) is 16.3. The van der Waals surface area contributed by atoms with Crippen molar-refractivity contribution in [2.45, 2.75) is 19.4 Å². The van der Waals surface area contributed by atoms with Gasteiger partial charge in [0.05, 0.1) is 16.7 Å². The molecule has 0 aromatic heterocycles. The van der Waals surface area contributed by atoms with Gasteiger partial charge in [0.15, 0.2) is 5.82 Å². The van der Waals surface area contributed by atoms with Gasteiger partial charge >= 0.3 is 0 Å². The Morgan fingerprint density at radius 1 is 1.48 bits per heavy atom. The van der Waals surface area contributed by atoms with Crippen LogP contribution in [0.3, 0.4) is 0 Å². The molecule has 0 saturated heterocycles. The fourth-order valence-electron chi connectivity index (χ4n) is 1.66. The number of nitrogens with one attached hydrogen (secondary N) is 2. The highest BCUT2D eigenvalue weighted by Crippen LogP contribution is 2.25. The summed E-state index contributed by atoms with van der Waals surface area (Å²) in [6, 6.07) is 0.872. The van der Waals surface area contributed by atoms with E-state index in [4.69, 9.17) is 11.6 Å². The van der Waals surface area contributed by atoms with Crippen LogP contribution in [0, 0.1) is 15.9 Å². The molecule has 10 heteroatoms. The number of primary amides is 1. The van der Waals surface area contributed by atoms with E-state index in [0.717, 1.165) is 6.07 Å². The highest BCUT2D eigenvalue weighted by Gasteiger charge is 2.24. The van der Waals surface area contributed by atoms with E-state index in [1.807, 2.05) is 5.43 Å². The third kappa shape index (κ3) is 4.11. The van der Waals surface area contributed by atoms with Gasteiger partial charge in [0.1, 0.15) is 5.56 Å². The Morgan fingerprint density at radius 2 is 2.10 bits per heavy atom. The number of rotatable bonds is 6. The second kappa shape index (κ2) is 6.61. The molecule has 114 valence electrons. The third-order valence-corrected chi connectivity index (χ3v) is 2.57. The summed E-state index contributed by atoms with van der Waals surface area (Å²) in [6.45, 7) is 1.50. The van der Waals surface area contributed by atoms with Crippen LogP contribution in [-0.2, 0) is 4.79 Å². The van der Waals surface area contributed by atoms with Crippen LogP contribution < -0.4 is 22.3 Å². The average Bonchev–Trinajstić information content (AvgIpc) is 2.36. The number of amides is 2. The van der Waals surface area contributed by atoms with E-state index >= 15 is 0 Å². The molecule has 2 amide bonds. The fraction of sp³-hybridized carbons (Fsp3) is 0.273. The zero-order valence-corrected chi connectivity index (χ0v) is 11.1. The fourth-order valence-corrected chi connectivity index (χ4v) is 1.66. The van der Waals surface area contributed by atoms with Gasteiger partial charge in [-0.2, -0.15) is 0 Å². The van der Waals surface area contributed by atoms with E-state index in [9.17, 15) is 24.1 Å². The lowest BCUT2D eigenvalue weighted by Crippen LogP contribution is -2.36. The van der Waals surface area contributed by atoms with E-state index in [0.29, 0.717) is 6.07 Å². The first-order chi connectivity index (χ1) is 9.76. The average molecular weight is 299 g/mol. The number of nitrogens with zero attached hydrogens (tertiary/aromatic N) is 1. The Hall–Kier alpha value is -2.75. The molecule has 0 fully saturated rings. The van der Waals surface area contributed by atoms with Crippen LogP contribution in [0.2, 0.25) is 0 Å². The van der Waals surface area contributed by atoms with Crippen LogP contribution in [0.15, 0.2) is 12.1 Å². The number of halogens is 1. The van der Waals surface area contributed by atoms with Crippen molar-refractivity contribution in [2.75, 3.05) is 5.43 Å². The molecular weight excluding hydrogens is 285 g/mol. The normalized spacial score (nSPS) is 11.6. The predicted octanol–water partition coefficient (Wildman–Crippen LogP) is 0.0132. The first-order valence-corrected chi connectivity index (χ1v) is 5.80. The van der Waals surface area contributed by atoms with Crippen molar-refractivity contribution in [3.8, 4) is 0 Å². The van der Waals surface area contributed by atoms with Gasteiger partial charge in [-0.3, -0.25) is 25.5 Å². The number of hydrogen-bond acceptors (Lipinski definition) is 6. The second-order valence-electron chi connectivity index (χ2n) is 4.30. The van der Waals surface area contributed by atoms with Crippen LogP contribution in [-0.4, -0.2) is 22.8 Å². The molecule has 0 saturated carbocycles. The van der Waals surface area contributed by atoms with Crippen molar-refractivity contribution >= 4 is 23.2 Å². The van der Waals surface area contributed by atoms with E-state index in [2.05, 4.69) is 5.32 Å². The highest BCUT2D eigenvalue weighted by atomic mass is 19.1. The lowest BCUT2D eigenvalue weighted by Gasteiger charge is -2.13. The van der Waals surface area contributed by atoms with E-state index < -0.39 is 34.3 Å². The number of hydrogen-bond donors (Lipinski definition) is 4. The van der Waals surface area contributed by atoms with Crippen molar-refractivity contribution in [3.63, 3.8) is 0 Å². The smallest absolute Gasteiger partial charge is 0.285 e. The molecule has 21 heavy (non-hydrogen) atoms. The number of carbonyl (C=O) groups is 2. The monoisotopic (exact) mass is 299 g/mol. The second-order valence-corrected chi connectivity index (χ2v) is 4.30. The highest BCUT2D eigenvalue weighted by molar-refractivity contribution is 5.99. The minimum atomic E-state index is -0.967. The molecule has 1 aromatic carbocycles. The molecule has 6 N–H and O–H groups in total. The summed E-state index contributed by atoms with van der Waals surface area (Å²) >= 11 is 0. The Morgan fingerprint density at radius 3 is 2.57 bits per heavy atom. The maximum absolute atomic E-state index is 13.4. The maximum Gasteiger partial charge on any atom is 0.285 e. The van der Waals surface area contributed by atoms with Crippen molar-refractivity contribution in [1.29, 1.82) is 0 Å². The summed E-state index contributed by atoms with van der Waals surface area (Å²) in [5.41, 5.74) is 5.60. The van der Waals surface area contributed by atoms with Gasteiger partial charge in [0, 0.05) is 12.5 Å². The number of hydrazine groups is 1. The van der Waals surface area contributed by atoms with E-state index in [1.54, 1.807) is 0 Å². The predicted molar refractivity (Wildman–Crippen MR) is 71.6 cm³/mol. The molecule has 0 heterocycles. The van der Waals surface area contributed by atoms with Crippen molar-refractivity contribution in [1.82, 2.24) is 5.32 Å². The molecule has 0 aliphatic carbocycles. The van der Waals surface area contributed by atoms with Gasteiger partial charge in [-0.1, -0.05) is 0 Å². The Balaban J connectivity index is 3.12. The molecule has 1 atom stereocenters. The minimum Gasteiger partial charge on any atom is -0.370 e. The maximum atomic E-state index is 13.4. The number of benzene rings is 1. The molecule has 0 aliphatic rings. The zero-order valence-electron chi connectivity index (χ0n) is 11.1. The topological polar surface area (TPSA) is 153 Å². The van der Waals surface area contributed by atoms with Crippen LogP contribution in [0.25, 0.3) is 0 Å². The van der Waals surface area contributed by atoms with Crippen LogP contribution in [0.4, 0.5) is 15.8 Å². The first-order valence-electron chi connectivity index (χ1n) is 5.80. The van der Waals surface area contributed by atoms with Crippen molar-refractivity contribution in [2.24, 2.45) is 11.6 Å². The molecule has 0 spiro atoms. The van der Waals surface area contributed by atoms with Gasteiger partial charge in [0.2, 0.25) is 5.91 Å². The summed E-state index contributed by atoms with van der Waals surface area (Å²) in [5, 5.41) is 13.2. The third-order valence-electron chi connectivity index (χ3n) is 2.57. The molecule has 1 aromatic rings. The zero-order chi connectivity index (χ0) is 16.2. The number of nitro groups is 1. The minimum absolute atomic E-state index is 0.136. The Kier molecular flexibility index (Phi) is 5.13. The molecule has 1 rings (SSSR count). The van der Waals surface area contributed by atoms with Crippen LogP contribution in [0.1, 0.15) is 23.7 Å². The van der Waals surface area contributed by atoms with Gasteiger partial charge in [0.25, 0.3) is 11.6 Å². The lowest BCUT2D eigenvalue weighted by molar-refractivity contribution is -0.385. The quantitative estimate of drug-likeness (QED) is 0.330. The van der Waals surface area contributed by atoms with Gasteiger partial charge in [-0.05, 0) is 13.0 Å². The van der Waals surface area contributed by atoms with E-state index in [-0.39, 0.29) is 17.7 Å². The molecule has 9 nitrogen and oxygen atoms in total. The number of nitrogens with two attached hydrogens (primary N) is 2. The molecule has 1 unspecified atom stereocenters. The number of nitro benzene ring substituents is 1. The van der Waals surface area contributed by atoms with Gasteiger partial charge < -0.3 is 16.5 Å². The molecule has 0 aliphatic heterocycles. The summed E-state index contributed by atoms with van der Waals surface area (Å²) in [4.78, 5) is 32.7. The van der Waals surface area contributed by atoms with Gasteiger partial charge in [-0.15, -0.1) is 0 Å². The number of nitrogen functional groups attached to an aromatic ring is 1. The summed E-state index contributed by atoms with van der Waals surface area (Å²) in [5.74, 6) is 2.61. The largest absolute Gasteiger partial charge is 0.370 e. The Bertz CT molecular complexity index is 592. The van der Waals surface area contributed by atoms with Crippen LogP contribution >= 0.6 is 0 Å². The number of anilines is 1. The number of carbonyl (C=O) groups excluding carboxylic acids is 2. The van der Waals surface area contributed by atoms with Crippen molar-refractivity contribution in [3.05, 3.63) is 33.6 Å². The van der Waals surface area contributed by atoms with E-state index in [1.165, 1.54) is 6.92 Å². The SMILES string of the molecule is CC(CC(N)=O)NC(=O)c1cc(NN)c(F)cc1[N+](=O)[O-]. The van der Waals surface area contributed by atoms with Crippen molar-refractivity contribution < 1.29 is 18.9 Å². The standard InChI is InChI=1S/C11H14FN5O4/c1-5(2-10(13)18)15-11(19)6-3-8(16-14)7(12)4-9(6)17(20)21/h3-5,16H,2,14H2,1H3,(H2,13,18)(H,15,19). The Labute approximate surface area is 118 Å². The van der Waals surface area contributed by atoms with Crippen LogP contribution in [0.5, 0.6) is 0 Å². The summed E-state index contributed by atoms with van der Waals surface area (Å²) in [7, 11) is 0. The summed E-state index contributed by atoms with van der Waals surface area (Å²) in [6.07, 6.45) is -0.136.